The smallest absolute Gasteiger partial charge is 0.226 e. The van der Waals surface area contributed by atoms with Crippen LogP contribution in [0.15, 0.2) is 54.0 Å². The fraction of sp³-hybridized carbons (Fsp3) is 0.500. The van der Waals surface area contributed by atoms with E-state index in [-0.39, 0.29) is 5.91 Å². The van der Waals surface area contributed by atoms with Crippen molar-refractivity contribution in [2.45, 2.75) is 78.1 Å². The first-order valence-corrected chi connectivity index (χ1v) is 11.4. The van der Waals surface area contributed by atoms with E-state index >= 15 is 0 Å². The van der Waals surface area contributed by atoms with Gasteiger partial charge in [0.2, 0.25) is 5.91 Å². The molecule has 1 aromatic rings. The first-order chi connectivity index (χ1) is 13.7. The minimum Gasteiger partial charge on any atom is -0.302 e. The van der Waals surface area contributed by atoms with E-state index in [0.717, 1.165) is 37.8 Å². The average Bonchev–Trinajstić information content (AvgIpc) is 3.08. The fourth-order valence-corrected chi connectivity index (χ4v) is 3.24. The number of rotatable bonds is 15. The Morgan fingerprint density at radius 1 is 0.929 bits per heavy atom. The molecule has 154 valence electrons. The molecule has 1 amide bonds. The van der Waals surface area contributed by atoms with Crippen LogP contribution in [0.2, 0.25) is 0 Å². The van der Waals surface area contributed by atoms with Crippen molar-refractivity contribution >= 4 is 22.4 Å². The third-order valence-electron chi connectivity index (χ3n) is 4.10. The number of aryl methyl sites for hydroxylation is 1. The van der Waals surface area contributed by atoms with Gasteiger partial charge in [0.25, 0.3) is 0 Å². The number of aromatic nitrogens is 1. The molecule has 0 aromatic carbocycles. The molecule has 28 heavy (non-hydrogen) atoms. The summed E-state index contributed by atoms with van der Waals surface area (Å²) in [7, 11) is 0. The summed E-state index contributed by atoms with van der Waals surface area (Å²) in [6.07, 6.45) is 28.2. The Morgan fingerprint density at radius 2 is 1.50 bits per heavy atom. The van der Waals surface area contributed by atoms with Crippen LogP contribution in [0.1, 0.15) is 76.8 Å². The Bertz CT molecular complexity index is 641. The minimum atomic E-state index is 0.0465. The summed E-state index contributed by atoms with van der Waals surface area (Å²) in [4.78, 5) is 16.0. The van der Waals surface area contributed by atoms with Crippen LogP contribution in [0.5, 0.6) is 0 Å². The van der Waals surface area contributed by atoms with Gasteiger partial charge in [0.15, 0.2) is 5.13 Å². The molecule has 0 fully saturated rings. The van der Waals surface area contributed by atoms with Crippen molar-refractivity contribution in [2.24, 2.45) is 0 Å². The largest absolute Gasteiger partial charge is 0.302 e. The van der Waals surface area contributed by atoms with E-state index in [0.29, 0.717) is 11.6 Å². The van der Waals surface area contributed by atoms with Crippen molar-refractivity contribution in [1.82, 2.24) is 4.98 Å². The van der Waals surface area contributed by atoms with E-state index in [1.165, 1.54) is 37.0 Å². The molecule has 1 aromatic heterocycles. The van der Waals surface area contributed by atoms with E-state index < -0.39 is 0 Å². The average molecular weight is 401 g/mol. The van der Waals surface area contributed by atoms with Gasteiger partial charge in [0.1, 0.15) is 0 Å². The molecule has 0 bridgehead atoms. The van der Waals surface area contributed by atoms with Crippen molar-refractivity contribution in [2.75, 3.05) is 5.32 Å². The predicted molar refractivity (Wildman–Crippen MR) is 124 cm³/mol. The van der Waals surface area contributed by atoms with Crippen molar-refractivity contribution in [3.63, 3.8) is 0 Å². The molecule has 0 atom stereocenters. The minimum absolute atomic E-state index is 0.0465. The van der Waals surface area contributed by atoms with Crippen LogP contribution in [-0.2, 0) is 4.79 Å². The number of anilines is 1. The standard InChI is InChI=1S/C24H36N2OS/c1-3-4-5-6-7-8-9-10-11-12-13-14-15-16-17-18-19-20-23(27)26-24-25-22(2)21-28-24/h7-8,10-11,13-14,16-17,21H,3-6,9,12,15,18-20H2,1-2H3,(H,25,26,27)/b8-7-,11-10-,14-13-,17-16-. The lowest BCUT2D eigenvalue weighted by atomic mass is 10.2. The van der Waals surface area contributed by atoms with Gasteiger partial charge >= 0.3 is 0 Å². The molecule has 0 saturated heterocycles. The second kappa shape index (κ2) is 17.2. The molecule has 0 aliphatic heterocycles. The summed E-state index contributed by atoms with van der Waals surface area (Å²) in [5, 5.41) is 5.47. The Hall–Kier alpha value is -1.94. The molecule has 0 saturated carbocycles. The highest BCUT2D eigenvalue weighted by molar-refractivity contribution is 7.13. The molecule has 0 unspecified atom stereocenters. The second-order valence-corrected chi connectivity index (χ2v) is 7.68. The Morgan fingerprint density at radius 3 is 2.04 bits per heavy atom. The second-order valence-electron chi connectivity index (χ2n) is 6.82. The van der Waals surface area contributed by atoms with E-state index in [2.05, 4.69) is 65.8 Å². The highest BCUT2D eigenvalue weighted by atomic mass is 32.1. The maximum Gasteiger partial charge on any atom is 0.226 e. The molecule has 3 nitrogen and oxygen atoms in total. The summed E-state index contributed by atoms with van der Waals surface area (Å²) in [6, 6.07) is 0. The van der Waals surface area contributed by atoms with Crippen LogP contribution in [0.3, 0.4) is 0 Å². The van der Waals surface area contributed by atoms with Crippen molar-refractivity contribution in [1.29, 1.82) is 0 Å². The number of carbonyl (C=O) groups is 1. The predicted octanol–water partition coefficient (Wildman–Crippen LogP) is 7.54. The van der Waals surface area contributed by atoms with Gasteiger partial charge in [-0.3, -0.25) is 4.79 Å². The van der Waals surface area contributed by atoms with Crippen LogP contribution in [0.4, 0.5) is 5.13 Å². The van der Waals surface area contributed by atoms with E-state index in [1.54, 1.807) is 0 Å². The summed E-state index contributed by atoms with van der Waals surface area (Å²) in [6.45, 7) is 4.17. The Labute approximate surface area is 175 Å². The Kier molecular flexibility index (Phi) is 14.8. The van der Waals surface area contributed by atoms with Gasteiger partial charge in [0, 0.05) is 11.8 Å². The third-order valence-corrected chi connectivity index (χ3v) is 4.97. The number of nitrogens with one attached hydrogen (secondary N) is 1. The van der Waals surface area contributed by atoms with Crippen LogP contribution < -0.4 is 5.32 Å². The normalized spacial score (nSPS) is 12.2. The van der Waals surface area contributed by atoms with Gasteiger partial charge in [-0.05, 0) is 51.9 Å². The number of thiazole rings is 1. The molecule has 1 heterocycles. The number of hydrogen-bond donors (Lipinski definition) is 1. The number of amides is 1. The lowest BCUT2D eigenvalue weighted by Gasteiger charge is -1.99. The van der Waals surface area contributed by atoms with Crippen molar-refractivity contribution in [3.05, 3.63) is 59.7 Å². The first-order valence-electron chi connectivity index (χ1n) is 10.5. The zero-order valence-electron chi connectivity index (χ0n) is 17.5. The summed E-state index contributed by atoms with van der Waals surface area (Å²) >= 11 is 1.47. The van der Waals surface area contributed by atoms with Gasteiger partial charge in [-0.2, -0.15) is 0 Å². The van der Waals surface area contributed by atoms with Gasteiger partial charge in [-0.15, -0.1) is 11.3 Å². The summed E-state index contributed by atoms with van der Waals surface area (Å²) < 4.78 is 0. The molecule has 0 radical (unpaired) electrons. The van der Waals surface area contributed by atoms with Crippen LogP contribution >= 0.6 is 11.3 Å². The van der Waals surface area contributed by atoms with Crippen LogP contribution in [-0.4, -0.2) is 10.9 Å². The van der Waals surface area contributed by atoms with Gasteiger partial charge in [-0.25, -0.2) is 4.98 Å². The number of unbranched alkanes of at least 4 members (excludes halogenated alkanes) is 4. The zero-order chi connectivity index (χ0) is 20.3. The van der Waals surface area contributed by atoms with E-state index in [9.17, 15) is 4.79 Å². The number of allylic oxidation sites excluding steroid dienone is 8. The van der Waals surface area contributed by atoms with Crippen LogP contribution in [0.25, 0.3) is 0 Å². The lowest BCUT2D eigenvalue weighted by Crippen LogP contribution is -2.10. The molecule has 4 heteroatoms. The monoisotopic (exact) mass is 400 g/mol. The lowest BCUT2D eigenvalue weighted by molar-refractivity contribution is -0.116. The maximum absolute atomic E-state index is 11.8. The Balaban J connectivity index is 1.95. The first kappa shape index (κ1) is 24.1. The van der Waals surface area contributed by atoms with E-state index in [1.807, 2.05) is 12.3 Å². The quantitative estimate of drug-likeness (QED) is 0.244. The molecular formula is C24H36N2OS. The third kappa shape index (κ3) is 14.2. The fourth-order valence-electron chi connectivity index (χ4n) is 2.53. The van der Waals surface area contributed by atoms with Gasteiger partial charge in [-0.1, -0.05) is 68.4 Å². The highest BCUT2D eigenvalue weighted by Crippen LogP contribution is 2.14. The topological polar surface area (TPSA) is 42.0 Å². The van der Waals surface area contributed by atoms with E-state index in [4.69, 9.17) is 0 Å². The maximum atomic E-state index is 11.8. The molecule has 0 aliphatic carbocycles. The van der Waals surface area contributed by atoms with Gasteiger partial charge in [0.05, 0.1) is 5.69 Å². The van der Waals surface area contributed by atoms with Crippen molar-refractivity contribution < 1.29 is 4.79 Å². The molecule has 0 spiro atoms. The number of nitrogens with zero attached hydrogens (tertiary/aromatic N) is 1. The molecule has 0 aliphatic rings. The molecular weight excluding hydrogens is 364 g/mol. The number of carbonyl (C=O) groups excluding carboxylic acids is 1. The SMILES string of the molecule is CCCCC/C=C\C/C=C\C/C=C\C/C=C\CCCC(=O)Nc1nc(C)cs1. The zero-order valence-corrected chi connectivity index (χ0v) is 18.3. The molecule has 1 rings (SSSR count). The molecule has 1 N–H and O–H groups in total. The highest BCUT2D eigenvalue weighted by Gasteiger charge is 2.04. The van der Waals surface area contributed by atoms with Gasteiger partial charge < -0.3 is 5.32 Å². The summed E-state index contributed by atoms with van der Waals surface area (Å²) in [5.41, 5.74) is 0.946. The van der Waals surface area contributed by atoms with Crippen molar-refractivity contribution in [3.8, 4) is 0 Å². The summed E-state index contributed by atoms with van der Waals surface area (Å²) in [5.74, 6) is 0.0465. The van der Waals surface area contributed by atoms with Crippen LogP contribution in [0, 0.1) is 6.92 Å². The number of hydrogen-bond acceptors (Lipinski definition) is 3.